The summed E-state index contributed by atoms with van der Waals surface area (Å²) in [5.74, 6) is 1.35. The molecule has 0 heterocycles. The maximum atomic E-state index is 11.1. The number of hydrogen-bond donors (Lipinski definition) is 1. The molecule has 3 heteroatoms. The lowest BCUT2D eigenvalue weighted by Gasteiger charge is -2.15. The molecule has 100 valence electrons. The molecule has 0 saturated heterocycles. The summed E-state index contributed by atoms with van der Waals surface area (Å²) in [6.45, 7) is 2.27. The fraction of sp³-hybridized carbons (Fsp3) is 0.438. The van der Waals surface area contributed by atoms with Crippen LogP contribution in [0.2, 0.25) is 0 Å². The molecular formula is C16H19NO2. The molecule has 3 nitrogen and oxygen atoms in total. The fourth-order valence-corrected chi connectivity index (χ4v) is 3.34. The molecule has 0 saturated carbocycles. The van der Waals surface area contributed by atoms with Gasteiger partial charge in [-0.25, -0.2) is 0 Å². The number of rotatable bonds is 3. The van der Waals surface area contributed by atoms with Gasteiger partial charge in [-0.05, 0) is 35.8 Å². The molecule has 3 rings (SSSR count). The van der Waals surface area contributed by atoms with Crippen LogP contribution in [0.25, 0.3) is 11.6 Å². The molecule has 2 aliphatic carbocycles. The Balaban J connectivity index is 2.08. The first-order valence-electron chi connectivity index (χ1n) is 6.84. The molecule has 0 bridgehead atoms. The lowest BCUT2D eigenvalue weighted by atomic mass is 9.98. The Morgan fingerprint density at radius 1 is 1.47 bits per heavy atom. The first-order valence-corrected chi connectivity index (χ1v) is 6.84. The lowest BCUT2D eigenvalue weighted by Crippen LogP contribution is -2.32. The third-order valence-electron chi connectivity index (χ3n) is 4.12. The zero-order valence-corrected chi connectivity index (χ0v) is 11.5. The Kier molecular flexibility index (Phi) is 3.05. The minimum absolute atomic E-state index is 0.0338. The van der Waals surface area contributed by atoms with Crippen molar-refractivity contribution < 1.29 is 9.53 Å². The van der Waals surface area contributed by atoms with Crippen LogP contribution in [0.5, 0.6) is 5.75 Å². The first kappa shape index (κ1) is 12.3. The summed E-state index contributed by atoms with van der Waals surface area (Å²) in [6, 6.07) is 4.21. The predicted molar refractivity (Wildman–Crippen MR) is 75.4 cm³/mol. The Morgan fingerprint density at radius 2 is 2.32 bits per heavy atom. The van der Waals surface area contributed by atoms with Crippen molar-refractivity contribution in [3.8, 4) is 5.75 Å². The second-order valence-electron chi connectivity index (χ2n) is 5.33. The van der Waals surface area contributed by atoms with Crippen molar-refractivity contribution in [3.05, 3.63) is 28.1 Å². The number of methoxy groups -OCH3 is 1. The Bertz CT molecular complexity index is 645. The number of ether oxygens (including phenoxy) is 1. The van der Waals surface area contributed by atoms with E-state index in [0.29, 0.717) is 12.5 Å². The van der Waals surface area contributed by atoms with Crippen LogP contribution in [0, 0.1) is 0 Å². The number of nitrogens with one attached hydrogen (secondary N) is 1. The quantitative estimate of drug-likeness (QED) is 0.879. The van der Waals surface area contributed by atoms with Crippen LogP contribution >= 0.6 is 0 Å². The zero-order valence-electron chi connectivity index (χ0n) is 11.5. The van der Waals surface area contributed by atoms with Crippen LogP contribution in [-0.2, 0) is 4.79 Å². The smallest absolute Gasteiger partial charge is 0.216 e. The summed E-state index contributed by atoms with van der Waals surface area (Å²) in [6.07, 6.45) is 5.63. The Labute approximate surface area is 113 Å². The summed E-state index contributed by atoms with van der Waals surface area (Å²) in [5, 5.41) is 5.67. The summed E-state index contributed by atoms with van der Waals surface area (Å²) in [5.41, 5.74) is 2.82. The summed E-state index contributed by atoms with van der Waals surface area (Å²) in [7, 11) is 1.72. The second-order valence-corrected chi connectivity index (χ2v) is 5.33. The van der Waals surface area contributed by atoms with Gasteiger partial charge in [0.25, 0.3) is 0 Å². The van der Waals surface area contributed by atoms with Gasteiger partial charge in [-0.2, -0.15) is 0 Å². The monoisotopic (exact) mass is 257 g/mol. The van der Waals surface area contributed by atoms with E-state index in [1.165, 1.54) is 21.6 Å². The van der Waals surface area contributed by atoms with E-state index in [1.54, 1.807) is 14.0 Å². The number of hydrogen-bond acceptors (Lipinski definition) is 2. The minimum Gasteiger partial charge on any atom is -0.496 e. The molecule has 2 aliphatic rings. The van der Waals surface area contributed by atoms with Gasteiger partial charge in [0.15, 0.2) is 0 Å². The predicted octanol–water partition coefficient (Wildman–Crippen LogP) is 1.04. The van der Waals surface area contributed by atoms with Crippen LogP contribution in [0.3, 0.4) is 0 Å². The largest absolute Gasteiger partial charge is 0.496 e. The average molecular weight is 257 g/mol. The van der Waals surface area contributed by atoms with Gasteiger partial charge in [-0.3, -0.25) is 4.79 Å². The van der Waals surface area contributed by atoms with E-state index in [-0.39, 0.29) is 5.91 Å². The normalized spacial score (nSPS) is 19.7. The molecule has 0 spiro atoms. The van der Waals surface area contributed by atoms with Crippen molar-refractivity contribution in [2.45, 2.75) is 32.1 Å². The standard InChI is InChI=1S/C16H19NO2/c1-10(18)17-9-13-8-12-5-3-4-11-6-7-14(19-2)16(13)15(11)12/h4,6-7,13H,3,5,8-9H2,1-2H3,(H,17,18). The van der Waals surface area contributed by atoms with Crippen LogP contribution in [0.4, 0.5) is 0 Å². The maximum absolute atomic E-state index is 11.1. The van der Waals surface area contributed by atoms with E-state index in [0.717, 1.165) is 25.0 Å². The first-order chi connectivity index (χ1) is 9.20. The van der Waals surface area contributed by atoms with Gasteiger partial charge in [0.1, 0.15) is 5.75 Å². The molecule has 1 N–H and O–H groups in total. The molecule has 1 unspecified atom stereocenters. The van der Waals surface area contributed by atoms with Gasteiger partial charge < -0.3 is 10.1 Å². The second kappa shape index (κ2) is 4.72. The van der Waals surface area contributed by atoms with Gasteiger partial charge in [-0.15, -0.1) is 0 Å². The molecule has 0 aliphatic heterocycles. The highest BCUT2D eigenvalue weighted by Gasteiger charge is 2.27. The molecule has 1 atom stereocenters. The highest BCUT2D eigenvalue weighted by molar-refractivity contribution is 5.73. The van der Waals surface area contributed by atoms with Crippen molar-refractivity contribution in [2.75, 3.05) is 13.7 Å². The molecule has 19 heavy (non-hydrogen) atoms. The van der Waals surface area contributed by atoms with E-state index in [9.17, 15) is 4.79 Å². The molecule has 0 fully saturated rings. The van der Waals surface area contributed by atoms with Gasteiger partial charge >= 0.3 is 0 Å². The highest BCUT2D eigenvalue weighted by Crippen LogP contribution is 2.35. The van der Waals surface area contributed by atoms with Crippen molar-refractivity contribution in [2.24, 2.45) is 0 Å². The van der Waals surface area contributed by atoms with Crippen LogP contribution < -0.4 is 20.5 Å². The van der Waals surface area contributed by atoms with Crippen LogP contribution in [0.1, 0.15) is 37.7 Å². The van der Waals surface area contributed by atoms with Crippen molar-refractivity contribution in [3.63, 3.8) is 0 Å². The molecule has 1 aromatic carbocycles. The van der Waals surface area contributed by atoms with E-state index in [1.807, 2.05) is 0 Å². The summed E-state index contributed by atoms with van der Waals surface area (Å²) < 4.78 is 5.53. The zero-order chi connectivity index (χ0) is 13.4. The highest BCUT2D eigenvalue weighted by atomic mass is 16.5. The molecule has 0 aromatic heterocycles. The summed E-state index contributed by atoms with van der Waals surface area (Å²) >= 11 is 0. The SMILES string of the molecule is COc1ccc2c3c1C(CNC(C)=O)CC=3CCC=2. The van der Waals surface area contributed by atoms with Crippen LogP contribution in [-0.4, -0.2) is 19.6 Å². The fourth-order valence-electron chi connectivity index (χ4n) is 3.34. The molecule has 1 aromatic rings. The van der Waals surface area contributed by atoms with Gasteiger partial charge in [0, 0.05) is 24.9 Å². The maximum Gasteiger partial charge on any atom is 0.216 e. The van der Waals surface area contributed by atoms with E-state index < -0.39 is 0 Å². The van der Waals surface area contributed by atoms with Crippen molar-refractivity contribution in [1.82, 2.24) is 5.32 Å². The van der Waals surface area contributed by atoms with Gasteiger partial charge in [0.05, 0.1) is 7.11 Å². The van der Waals surface area contributed by atoms with Crippen molar-refractivity contribution in [1.29, 1.82) is 0 Å². The Hall–Kier alpha value is -1.77. The van der Waals surface area contributed by atoms with Gasteiger partial charge in [-0.1, -0.05) is 17.7 Å². The van der Waals surface area contributed by atoms with Crippen molar-refractivity contribution >= 4 is 17.6 Å². The topological polar surface area (TPSA) is 38.3 Å². The minimum atomic E-state index is 0.0338. The Morgan fingerprint density at radius 3 is 3.05 bits per heavy atom. The molecular weight excluding hydrogens is 238 g/mol. The van der Waals surface area contributed by atoms with E-state index >= 15 is 0 Å². The number of benzene rings is 1. The molecule has 0 radical (unpaired) electrons. The number of carbonyl (C=O) groups is 1. The number of amides is 1. The van der Waals surface area contributed by atoms with Crippen LogP contribution in [0.15, 0.2) is 12.1 Å². The molecule has 1 amide bonds. The van der Waals surface area contributed by atoms with E-state index in [2.05, 4.69) is 23.5 Å². The number of carbonyl (C=O) groups excluding carboxylic acids is 1. The third-order valence-corrected chi connectivity index (χ3v) is 4.12. The van der Waals surface area contributed by atoms with E-state index in [4.69, 9.17) is 4.74 Å². The average Bonchev–Trinajstić information content (AvgIpc) is 2.78. The van der Waals surface area contributed by atoms with Gasteiger partial charge in [0.2, 0.25) is 5.91 Å². The third kappa shape index (κ3) is 2.03. The lowest BCUT2D eigenvalue weighted by molar-refractivity contribution is -0.119. The summed E-state index contributed by atoms with van der Waals surface area (Å²) in [4.78, 5) is 11.1.